The molecule has 1 aromatic heterocycles. The Morgan fingerprint density at radius 1 is 1.08 bits per heavy atom. The summed E-state index contributed by atoms with van der Waals surface area (Å²) in [5.74, 6) is -0.497. The number of pyridine rings is 1. The molecule has 0 radical (unpaired) electrons. The van der Waals surface area contributed by atoms with Gasteiger partial charge in [0.2, 0.25) is 10.0 Å². The molecule has 3 aromatic rings. The number of esters is 1. The summed E-state index contributed by atoms with van der Waals surface area (Å²) in [6, 6.07) is 9.10. The Morgan fingerprint density at radius 3 is 2.44 bits per heavy atom. The van der Waals surface area contributed by atoms with Crippen LogP contribution in [0.5, 0.6) is 11.5 Å². The zero-order valence-electron chi connectivity index (χ0n) is 26.5. The Morgan fingerprint density at radius 2 is 1.79 bits per heavy atom. The summed E-state index contributed by atoms with van der Waals surface area (Å²) in [4.78, 5) is 20.0. The lowest BCUT2D eigenvalue weighted by atomic mass is 10.0. The number of carbonyl (C=O) groups is 1. The molecular weight excluding hydrogens is 691 g/mol. The fraction of sp³-hybridized carbons (Fsp3) is 0.455. The molecule has 2 fully saturated rings. The summed E-state index contributed by atoms with van der Waals surface area (Å²) in [5, 5.41) is 0.488. The molecule has 2 aliphatic rings. The molecule has 48 heavy (non-hydrogen) atoms. The first-order chi connectivity index (χ1) is 22.9. The van der Waals surface area contributed by atoms with Gasteiger partial charge < -0.3 is 18.9 Å². The van der Waals surface area contributed by atoms with Crippen LogP contribution >= 0.6 is 23.2 Å². The zero-order chi connectivity index (χ0) is 34.4. The Kier molecular flexibility index (Phi) is 12.0. The third-order valence-corrected chi connectivity index (χ3v) is 9.87. The third kappa shape index (κ3) is 9.91. The fourth-order valence-corrected chi connectivity index (χ4v) is 6.76. The van der Waals surface area contributed by atoms with Crippen molar-refractivity contribution in [3.8, 4) is 11.5 Å². The van der Waals surface area contributed by atoms with Crippen LogP contribution in [0.25, 0.3) is 0 Å². The van der Waals surface area contributed by atoms with Crippen LogP contribution in [-0.4, -0.2) is 83.1 Å². The van der Waals surface area contributed by atoms with E-state index in [4.69, 9.17) is 42.1 Å². The van der Waals surface area contributed by atoms with Gasteiger partial charge in [-0.1, -0.05) is 29.3 Å². The number of nitrogens with zero attached hydrogens (tertiary/aromatic N) is 3. The number of ether oxygens (including phenoxy) is 4. The van der Waals surface area contributed by atoms with Gasteiger partial charge in [0.05, 0.1) is 47.4 Å². The standard InChI is InChI=1S/C33H37Cl2F2N3O7S/c1-21-13-24(15-25(14-21)40(48(2,42)43)8-7-39-9-11-44-12-10-39)32(41)46-30(17-26-27(34)18-38-19-28(26)35)23-5-6-29(47-33(36)37)31(16-23)45-20-22-3-4-22/h5-6,13-16,18-19,22,30,33H,3-4,7-12,17,20H2,1-2H3/t30-/m0/s1. The molecule has 1 saturated heterocycles. The van der Waals surface area contributed by atoms with E-state index in [1.807, 2.05) is 0 Å². The van der Waals surface area contributed by atoms with Crippen LogP contribution in [0, 0.1) is 12.8 Å². The first kappa shape index (κ1) is 36.1. The van der Waals surface area contributed by atoms with Crippen molar-refractivity contribution in [2.45, 2.75) is 38.9 Å². The van der Waals surface area contributed by atoms with Crippen LogP contribution in [0.1, 0.15) is 46.0 Å². The van der Waals surface area contributed by atoms with Crippen LogP contribution in [0.3, 0.4) is 0 Å². The van der Waals surface area contributed by atoms with Gasteiger partial charge in [-0.2, -0.15) is 8.78 Å². The topological polar surface area (TPSA) is 108 Å². The predicted molar refractivity (Wildman–Crippen MR) is 178 cm³/mol. The lowest BCUT2D eigenvalue weighted by Crippen LogP contribution is -2.43. The molecule has 2 heterocycles. The molecule has 0 unspecified atom stereocenters. The Bertz CT molecular complexity index is 1690. The van der Waals surface area contributed by atoms with Gasteiger partial charge in [-0.05, 0) is 72.7 Å². The Hall–Kier alpha value is -3.23. The summed E-state index contributed by atoms with van der Waals surface area (Å²) >= 11 is 12.9. The van der Waals surface area contributed by atoms with Crippen molar-refractivity contribution in [1.29, 1.82) is 0 Å². The second kappa shape index (κ2) is 16.0. The quantitative estimate of drug-likeness (QED) is 0.166. The van der Waals surface area contributed by atoms with E-state index in [1.54, 1.807) is 19.1 Å². The second-order valence-electron chi connectivity index (χ2n) is 11.9. The molecule has 0 spiro atoms. The number of morpholine rings is 1. The first-order valence-electron chi connectivity index (χ1n) is 15.5. The number of hydrogen-bond donors (Lipinski definition) is 0. The molecule has 15 heteroatoms. The van der Waals surface area contributed by atoms with Gasteiger partial charge in [-0.3, -0.25) is 14.2 Å². The first-order valence-corrected chi connectivity index (χ1v) is 18.1. The highest BCUT2D eigenvalue weighted by molar-refractivity contribution is 7.92. The van der Waals surface area contributed by atoms with E-state index in [1.165, 1.54) is 41.0 Å². The molecule has 0 amide bonds. The number of aromatic nitrogens is 1. The van der Waals surface area contributed by atoms with Crippen molar-refractivity contribution in [1.82, 2.24) is 9.88 Å². The summed E-state index contributed by atoms with van der Waals surface area (Å²) in [7, 11) is -3.71. The van der Waals surface area contributed by atoms with Gasteiger partial charge in [-0.15, -0.1) is 0 Å². The second-order valence-corrected chi connectivity index (χ2v) is 14.6. The van der Waals surface area contributed by atoms with Crippen molar-refractivity contribution < 1.29 is 40.9 Å². The van der Waals surface area contributed by atoms with Crippen molar-refractivity contribution in [2.75, 3.05) is 56.6 Å². The summed E-state index contributed by atoms with van der Waals surface area (Å²) in [6.45, 7) is 2.20. The largest absolute Gasteiger partial charge is 0.489 e. The number of alkyl halides is 2. The van der Waals surface area contributed by atoms with Crippen molar-refractivity contribution in [2.24, 2.45) is 5.92 Å². The summed E-state index contributed by atoms with van der Waals surface area (Å²) in [5.41, 5.74) is 1.94. The van der Waals surface area contributed by atoms with Gasteiger partial charge in [0, 0.05) is 45.0 Å². The van der Waals surface area contributed by atoms with E-state index >= 15 is 0 Å². The molecular formula is C33H37Cl2F2N3O7S. The maximum Gasteiger partial charge on any atom is 0.387 e. The summed E-state index contributed by atoms with van der Waals surface area (Å²) < 4.78 is 75.6. The molecule has 1 aliphatic carbocycles. The molecule has 1 aliphatic heterocycles. The lowest BCUT2D eigenvalue weighted by Gasteiger charge is -2.30. The number of anilines is 1. The fourth-order valence-electron chi connectivity index (χ4n) is 5.33. The predicted octanol–water partition coefficient (Wildman–Crippen LogP) is 6.33. The van der Waals surface area contributed by atoms with E-state index in [0.29, 0.717) is 67.8 Å². The number of carbonyl (C=O) groups excluding carboxylic acids is 1. The van der Waals surface area contributed by atoms with Gasteiger partial charge in [-0.25, -0.2) is 13.2 Å². The molecule has 260 valence electrons. The molecule has 1 atom stereocenters. The van der Waals surface area contributed by atoms with E-state index in [9.17, 15) is 22.0 Å². The van der Waals surface area contributed by atoms with Gasteiger partial charge in [0.25, 0.3) is 0 Å². The smallest absolute Gasteiger partial charge is 0.387 e. The van der Waals surface area contributed by atoms with Crippen LogP contribution in [0.2, 0.25) is 10.0 Å². The number of rotatable bonds is 15. The minimum Gasteiger partial charge on any atom is -0.489 e. The average molecular weight is 729 g/mol. The third-order valence-electron chi connectivity index (χ3n) is 8.03. The van der Waals surface area contributed by atoms with Gasteiger partial charge in [0.15, 0.2) is 11.5 Å². The number of halogens is 4. The van der Waals surface area contributed by atoms with Crippen molar-refractivity contribution in [3.63, 3.8) is 0 Å². The average Bonchev–Trinajstić information content (AvgIpc) is 3.86. The van der Waals surface area contributed by atoms with Crippen molar-refractivity contribution in [3.05, 3.63) is 81.1 Å². The molecule has 0 bridgehead atoms. The van der Waals surface area contributed by atoms with E-state index in [0.717, 1.165) is 19.1 Å². The highest BCUT2D eigenvalue weighted by Gasteiger charge is 2.27. The summed E-state index contributed by atoms with van der Waals surface area (Å²) in [6.07, 6.45) is 4.89. The number of hydrogen-bond acceptors (Lipinski definition) is 9. The van der Waals surface area contributed by atoms with Crippen molar-refractivity contribution >= 4 is 44.9 Å². The number of sulfonamides is 1. The number of benzene rings is 2. The molecule has 10 nitrogen and oxygen atoms in total. The van der Waals surface area contributed by atoms with Gasteiger partial charge in [0.1, 0.15) is 6.10 Å². The molecule has 1 saturated carbocycles. The maximum absolute atomic E-state index is 13.8. The van der Waals surface area contributed by atoms with Gasteiger partial charge >= 0.3 is 12.6 Å². The Labute approximate surface area is 288 Å². The van der Waals surface area contributed by atoms with E-state index in [2.05, 4.69) is 9.88 Å². The highest BCUT2D eigenvalue weighted by atomic mass is 35.5. The van der Waals surface area contributed by atoms with Crippen LogP contribution in [0.15, 0.2) is 48.8 Å². The zero-order valence-corrected chi connectivity index (χ0v) is 28.9. The van der Waals surface area contributed by atoms with Crippen LogP contribution in [0.4, 0.5) is 14.5 Å². The molecule has 5 rings (SSSR count). The van der Waals surface area contributed by atoms with E-state index < -0.39 is 28.7 Å². The minimum atomic E-state index is -3.71. The highest BCUT2D eigenvalue weighted by Crippen LogP contribution is 2.38. The molecule has 2 aromatic carbocycles. The monoisotopic (exact) mass is 727 g/mol. The number of aryl methyl sites for hydroxylation is 1. The normalized spacial score (nSPS) is 16.1. The Balaban J connectivity index is 1.46. The molecule has 0 N–H and O–H groups in total. The maximum atomic E-state index is 13.8. The van der Waals surface area contributed by atoms with Crippen LogP contribution < -0.4 is 13.8 Å². The minimum absolute atomic E-state index is 0.0106. The van der Waals surface area contributed by atoms with Crippen LogP contribution in [-0.2, 0) is 25.9 Å². The SMILES string of the molecule is Cc1cc(C(=O)O[C@@H](Cc2c(Cl)cncc2Cl)c2ccc(OC(F)F)c(OCC3CC3)c2)cc(N(CCN2CCOCC2)S(C)(=O)=O)c1. The van der Waals surface area contributed by atoms with E-state index in [-0.39, 0.29) is 40.1 Å². The lowest BCUT2D eigenvalue weighted by molar-refractivity contribution is -0.0515.